The third-order valence-corrected chi connectivity index (χ3v) is 3.45. The quantitative estimate of drug-likeness (QED) is 0.704. The summed E-state index contributed by atoms with van der Waals surface area (Å²) < 4.78 is 0. The van der Waals surface area contributed by atoms with Crippen molar-refractivity contribution in [2.75, 3.05) is 0 Å². The Hall–Kier alpha value is -1.92. The van der Waals surface area contributed by atoms with Crippen LogP contribution < -0.4 is 5.32 Å². The number of H-pyrrole nitrogens is 1. The number of hydrogen-bond acceptors (Lipinski definition) is 4. The van der Waals surface area contributed by atoms with E-state index >= 15 is 0 Å². The van der Waals surface area contributed by atoms with E-state index in [2.05, 4.69) is 20.5 Å². The van der Waals surface area contributed by atoms with Gasteiger partial charge in [0.05, 0.1) is 5.92 Å². The first-order chi connectivity index (χ1) is 9.08. The number of carbonyl (C=O) groups is 2. The maximum atomic E-state index is 12.0. The minimum Gasteiger partial charge on any atom is -0.481 e. The van der Waals surface area contributed by atoms with Crippen LogP contribution in [-0.4, -0.2) is 38.2 Å². The van der Waals surface area contributed by atoms with Gasteiger partial charge in [-0.1, -0.05) is 19.3 Å². The van der Waals surface area contributed by atoms with Crippen LogP contribution in [0.1, 0.15) is 48.5 Å². The van der Waals surface area contributed by atoms with Crippen molar-refractivity contribution < 1.29 is 14.7 Å². The number of amides is 1. The second-order valence-electron chi connectivity index (χ2n) is 4.91. The van der Waals surface area contributed by atoms with Gasteiger partial charge in [-0.05, 0) is 19.8 Å². The fraction of sp³-hybridized carbons (Fsp3) is 0.667. The summed E-state index contributed by atoms with van der Waals surface area (Å²) in [5, 5.41) is 18.4. The Morgan fingerprint density at radius 1 is 1.32 bits per heavy atom. The van der Waals surface area contributed by atoms with E-state index in [1.165, 1.54) is 0 Å². The summed E-state index contributed by atoms with van der Waals surface area (Å²) >= 11 is 0. The van der Waals surface area contributed by atoms with Crippen molar-refractivity contribution in [3.05, 3.63) is 11.6 Å². The van der Waals surface area contributed by atoms with E-state index in [1.807, 2.05) is 0 Å². The molecule has 104 valence electrons. The summed E-state index contributed by atoms with van der Waals surface area (Å²) in [5.74, 6) is -1.17. The molecule has 1 amide bonds. The van der Waals surface area contributed by atoms with Gasteiger partial charge in [0.1, 0.15) is 5.82 Å². The number of aryl methyl sites for hydroxylation is 1. The van der Waals surface area contributed by atoms with E-state index < -0.39 is 17.8 Å². The predicted octanol–water partition coefficient (Wildman–Crippen LogP) is 0.876. The molecule has 1 aliphatic carbocycles. The van der Waals surface area contributed by atoms with Crippen molar-refractivity contribution >= 4 is 11.9 Å². The number of aromatic nitrogens is 3. The summed E-state index contributed by atoms with van der Waals surface area (Å²) in [4.78, 5) is 27.2. The van der Waals surface area contributed by atoms with E-state index in [4.69, 9.17) is 0 Å². The molecule has 0 aromatic carbocycles. The van der Waals surface area contributed by atoms with E-state index in [0.29, 0.717) is 18.7 Å². The van der Waals surface area contributed by atoms with Crippen molar-refractivity contribution in [3.8, 4) is 0 Å². The number of nitrogens with one attached hydrogen (secondary N) is 2. The highest BCUT2D eigenvalue weighted by atomic mass is 16.4. The molecule has 2 atom stereocenters. The lowest BCUT2D eigenvalue weighted by atomic mass is 9.95. The first kappa shape index (κ1) is 13.5. The third kappa shape index (κ3) is 3.30. The zero-order valence-corrected chi connectivity index (χ0v) is 10.8. The minimum absolute atomic E-state index is 0.0610. The van der Waals surface area contributed by atoms with E-state index in [1.54, 1.807) is 6.92 Å². The maximum absolute atomic E-state index is 12.0. The second-order valence-corrected chi connectivity index (χ2v) is 4.91. The Morgan fingerprint density at radius 2 is 2.05 bits per heavy atom. The van der Waals surface area contributed by atoms with Gasteiger partial charge in [0.2, 0.25) is 5.82 Å². The number of aliphatic carboxylic acids is 1. The predicted molar refractivity (Wildman–Crippen MR) is 66.6 cm³/mol. The standard InChI is InChI=1S/C12H18N4O3/c1-7-13-10(16-15-7)11(17)14-9-6-4-2-3-5-8(9)12(18)19/h8-9H,2-6H2,1H3,(H,14,17)(H,18,19)(H,13,15,16). The van der Waals surface area contributed by atoms with Crippen LogP contribution in [0, 0.1) is 12.8 Å². The number of carbonyl (C=O) groups excluding carboxylic acids is 1. The SMILES string of the molecule is Cc1nc(C(=O)NC2CCCCCC2C(=O)O)n[nH]1. The van der Waals surface area contributed by atoms with Crippen molar-refractivity contribution in [3.63, 3.8) is 0 Å². The van der Waals surface area contributed by atoms with Gasteiger partial charge in [0.15, 0.2) is 0 Å². The highest BCUT2D eigenvalue weighted by Crippen LogP contribution is 2.24. The molecule has 1 saturated carbocycles. The lowest BCUT2D eigenvalue weighted by molar-refractivity contribution is -0.142. The van der Waals surface area contributed by atoms with Crippen LogP contribution >= 0.6 is 0 Å². The third-order valence-electron chi connectivity index (χ3n) is 3.45. The van der Waals surface area contributed by atoms with Gasteiger partial charge in [0, 0.05) is 6.04 Å². The molecule has 0 spiro atoms. The zero-order valence-electron chi connectivity index (χ0n) is 10.8. The first-order valence-electron chi connectivity index (χ1n) is 6.50. The number of hydrogen-bond donors (Lipinski definition) is 3. The Morgan fingerprint density at radius 3 is 2.68 bits per heavy atom. The highest BCUT2D eigenvalue weighted by Gasteiger charge is 2.31. The number of carboxylic acid groups (broad SMARTS) is 1. The van der Waals surface area contributed by atoms with Crippen LogP contribution in [0.4, 0.5) is 0 Å². The van der Waals surface area contributed by atoms with E-state index in [9.17, 15) is 14.7 Å². The lowest BCUT2D eigenvalue weighted by Gasteiger charge is -2.22. The van der Waals surface area contributed by atoms with Crippen LogP contribution in [0.3, 0.4) is 0 Å². The second kappa shape index (κ2) is 5.81. The molecule has 0 saturated heterocycles. The molecule has 1 heterocycles. The monoisotopic (exact) mass is 266 g/mol. The van der Waals surface area contributed by atoms with Gasteiger partial charge < -0.3 is 10.4 Å². The molecule has 7 nitrogen and oxygen atoms in total. The Balaban J connectivity index is 2.06. The van der Waals surface area contributed by atoms with Crippen LogP contribution in [0.5, 0.6) is 0 Å². The van der Waals surface area contributed by atoms with Crippen LogP contribution in [0.2, 0.25) is 0 Å². The first-order valence-corrected chi connectivity index (χ1v) is 6.50. The molecular weight excluding hydrogens is 248 g/mol. The van der Waals surface area contributed by atoms with Gasteiger partial charge in [0.25, 0.3) is 5.91 Å². The number of aromatic amines is 1. The summed E-state index contributed by atoms with van der Waals surface area (Å²) in [6.07, 6.45) is 4.13. The molecule has 1 aromatic rings. The molecule has 0 bridgehead atoms. The van der Waals surface area contributed by atoms with Gasteiger partial charge in [-0.3, -0.25) is 14.7 Å². The fourth-order valence-corrected chi connectivity index (χ4v) is 2.45. The maximum Gasteiger partial charge on any atom is 0.308 e. The van der Waals surface area contributed by atoms with Crippen molar-refractivity contribution in [1.29, 1.82) is 0 Å². The molecule has 1 fully saturated rings. The Labute approximate surface area is 110 Å². The van der Waals surface area contributed by atoms with Gasteiger partial charge in [-0.15, -0.1) is 5.10 Å². The minimum atomic E-state index is -0.849. The van der Waals surface area contributed by atoms with Gasteiger partial charge in [-0.2, -0.15) is 0 Å². The number of rotatable bonds is 3. The van der Waals surface area contributed by atoms with Crippen LogP contribution in [0.25, 0.3) is 0 Å². The molecule has 19 heavy (non-hydrogen) atoms. The molecule has 3 N–H and O–H groups in total. The van der Waals surface area contributed by atoms with E-state index in [0.717, 1.165) is 19.3 Å². The molecule has 7 heteroatoms. The molecule has 1 aromatic heterocycles. The molecule has 2 rings (SSSR count). The Kier molecular flexibility index (Phi) is 4.13. The average Bonchev–Trinajstić information content (AvgIpc) is 2.65. The van der Waals surface area contributed by atoms with Crippen LogP contribution in [0.15, 0.2) is 0 Å². The summed E-state index contributed by atoms with van der Waals surface area (Å²) in [5.41, 5.74) is 0. The fourth-order valence-electron chi connectivity index (χ4n) is 2.45. The summed E-state index contributed by atoms with van der Waals surface area (Å²) in [6, 6.07) is -0.341. The van der Waals surface area contributed by atoms with Crippen LogP contribution in [-0.2, 0) is 4.79 Å². The lowest BCUT2D eigenvalue weighted by Crippen LogP contribution is -2.43. The average molecular weight is 266 g/mol. The van der Waals surface area contributed by atoms with Gasteiger partial charge in [-0.25, -0.2) is 4.98 Å². The Bertz CT molecular complexity index is 471. The molecule has 2 unspecified atom stereocenters. The smallest absolute Gasteiger partial charge is 0.308 e. The van der Waals surface area contributed by atoms with Gasteiger partial charge >= 0.3 is 5.97 Å². The zero-order chi connectivity index (χ0) is 13.8. The molecule has 1 aliphatic rings. The molecule has 0 radical (unpaired) electrons. The largest absolute Gasteiger partial charge is 0.481 e. The highest BCUT2D eigenvalue weighted by molar-refractivity contribution is 5.91. The topological polar surface area (TPSA) is 108 Å². The molecular formula is C12H18N4O3. The molecule has 0 aliphatic heterocycles. The van der Waals surface area contributed by atoms with Crippen molar-refractivity contribution in [1.82, 2.24) is 20.5 Å². The summed E-state index contributed by atoms with van der Waals surface area (Å²) in [6.45, 7) is 1.70. The normalized spacial score (nSPS) is 23.6. The number of carboxylic acids is 1. The summed E-state index contributed by atoms with van der Waals surface area (Å²) in [7, 11) is 0. The van der Waals surface area contributed by atoms with Crippen molar-refractivity contribution in [2.45, 2.75) is 45.1 Å². The van der Waals surface area contributed by atoms with Crippen molar-refractivity contribution in [2.24, 2.45) is 5.92 Å². The van der Waals surface area contributed by atoms with E-state index in [-0.39, 0.29) is 11.9 Å². The number of nitrogens with zero attached hydrogens (tertiary/aromatic N) is 2.